The Bertz CT molecular complexity index is 661. The Hall–Kier alpha value is -1.01. The summed E-state index contributed by atoms with van der Waals surface area (Å²) in [6.45, 7) is 0. The highest BCUT2D eigenvalue weighted by atomic mass is 79.9. The van der Waals surface area contributed by atoms with Crippen molar-refractivity contribution in [2.24, 2.45) is 0 Å². The fraction of sp³-hybridized carbons (Fsp3) is 0.429. The molecule has 2 aliphatic rings. The van der Waals surface area contributed by atoms with E-state index in [1.807, 2.05) is 18.2 Å². The van der Waals surface area contributed by atoms with E-state index >= 15 is 0 Å². The maximum absolute atomic E-state index is 6.08. The Balaban J connectivity index is 1.68. The molecular weight excluding hydrogens is 336 g/mol. The highest BCUT2D eigenvalue weighted by Gasteiger charge is 2.36. The van der Waals surface area contributed by atoms with Gasteiger partial charge in [-0.1, -0.05) is 15.9 Å². The normalized spacial score (nSPS) is 18.4. The second-order valence-electron chi connectivity index (χ2n) is 5.50. The van der Waals surface area contributed by atoms with Crippen LogP contribution < -0.4 is 5.73 Å². The lowest BCUT2D eigenvalue weighted by molar-refractivity contribution is 0.627. The van der Waals surface area contributed by atoms with E-state index in [1.54, 1.807) is 11.8 Å². The summed E-state index contributed by atoms with van der Waals surface area (Å²) >= 11 is 5.07. The molecule has 0 saturated heterocycles. The van der Waals surface area contributed by atoms with Gasteiger partial charge in [0.1, 0.15) is 5.82 Å². The van der Waals surface area contributed by atoms with Gasteiger partial charge in [-0.15, -0.1) is 10.2 Å². The molecule has 0 radical (unpaired) electrons. The van der Waals surface area contributed by atoms with Crippen LogP contribution in [0.5, 0.6) is 0 Å². The van der Waals surface area contributed by atoms with Crippen LogP contribution in [0.3, 0.4) is 0 Å². The molecule has 104 valence electrons. The largest absolute Gasteiger partial charge is 0.398 e. The number of anilines is 1. The molecular formula is C14H15BrN4S. The van der Waals surface area contributed by atoms with Gasteiger partial charge in [-0.25, -0.2) is 0 Å². The van der Waals surface area contributed by atoms with E-state index in [0.717, 1.165) is 20.2 Å². The molecule has 1 heterocycles. The molecule has 0 amide bonds. The predicted octanol–water partition coefficient (Wildman–Crippen LogP) is 3.99. The van der Waals surface area contributed by atoms with Crippen molar-refractivity contribution in [3.05, 3.63) is 28.5 Å². The second-order valence-corrected chi connectivity index (χ2v) is 7.43. The predicted molar refractivity (Wildman–Crippen MR) is 82.9 cm³/mol. The lowest BCUT2D eigenvalue weighted by Crippen LogP contribution is -2.02. The molecule has 0 spiro atoms. The summed E-state index contributed by atoms with van der Waals surface area (Å²) in [5, 5.41) is 9.82. The standard InChI is InChI=1S/C14H15BrN4S/c15-9-3-6-12(11(16)7-9)20-14-18-17-13(8-1-2-8)19(14)10-4-5-10/h3,6-8,10H,1-2,4-5,16H2. The first kappa shape index (κ1) is 12.7. The molecule has 2 saturated carbocycles. The van der Waals surface area contributed by atoms with E-state index in [2.05, 4.69) is 30.7 Å². The maximum atomic E-state index is 6.08. The number of nitrogen functional groups attached to an aromatic ring is 1. The average Bonchev–Trinajstić information content (AvgIpc) is 3.31. The molecule has 2 aliphatic carbocycles. The molecule has 1 aromatic carbocycles. The van der Waals surface area contributed by atoms with Crippen molar-refractivity contribution in [3.8, 4) is 0 Å². The van der Waals surface area contributed by atoms with E-state index < -0.39 is 0 Å². The van der Waals surface area contributed by atoms with Crippen molar-refractivity contribution in [2.75, 3.05) is 5.73 Å². The van der Waals surface area contributed by atoms with Crippen LogP contribution in [-0.2, 0) is 0 Å². The Morgan fingerprint density at radius 2 is 2.00 bits per heavy atom. The van der Waals surface area contributed by atoms with Crippen molar-refractivity contribution < 1.29 is 0 Å². The van der Waals surface area contributed by atoms with E-state index in [9.17, 15) is 0 Å². The van der Waals surface area contributed by atoms with Gasteiger partial charge < -0.3 is 10.3 Å². The molecule has 0 unspecified atom stereocenters. The zero-order valence-electron chi connectivity index (χ0n) is 10.9. The molecule has 4 rings (SSSR count). The Morgan fingerprint density at radius 3 is 2.65 bits per heavy atom. The summed E-state index contributed by atoms with van der Waals surface area (Å²) in [4.78, 5) is 1.05. The van der Waals surface area contributed by atoms with E-state index in [0.29, 0.717) is 12.0 Å². The maximum Gasteiger partial charge on any atom is 0.196 e. The van der Waals surface area contributed by atoms with E-state index in [1.165, 1.54) is 31.5 Å². The number of hydrogen-bond donors (Lipinski definition) is 1. The highest BCUT2D eigenvalue weighted by Crippen LogP contribution is 2.47. The second kappa shape index (κ2) is 4.77. The van der Waals surface area contributed by atoms with Crippen LogP contribution >= 0.6 is 27.7 Å². The van der Waals surface area contributed by atoms with Crippen LogP contribution in [0.25, 0.3) is 0 Å². The minimum absolute atomic E-state index is 0.611. The summed E-state index contributed by atoms with van der Waals surface area (Å²) in [6, 6.07) is 6.59. The number of nitrogens with two attached hydrogens (primary N) is 1. The molecule has 0 aliphatic heterocycles. The van der Waals surface area contributed by atoms with Gasteiger partial charge in [0.25, 0.3) is 0 Å². The molecule has 1 aromatic heterocycles. The summed E-state index contributed by atoms with van der Waals surface area (Å²) in [6.07, 6.45) is 5.02. The summed E-state index contributed by atoms with van der Waals surface area (Å²) in [7, 11) is 0. The van der Waals surface area contributed by atoms with Gasteiger partial charge in [-0.3, -0.25) is 0 Å². The van der Waals surface area contributed by atoms with Gasteiger partial charge in [0, 0.05) is 27.0 Å². The van der Waals surface area contributed by atoms with E-state index in [-0.39, 0.29) is 0 Å². The molecule has 2 aromatic rings. The fourth-order valence-corrected chi connectivity index (χ4v) is 3.68. The lowest BCUT2D eigenvalue weighted by Gasteiger charge is -2.09. The molecule has 20 heavy (non-hydrogen) atoms. The lowest BCUT2D eigenvalue weighted by atomic mass is 10.3. The highest BCUT2D eigenvalue weighted by molar-refractivity contribution is 9.10. The zero-order valence-corrected chi connectivity index (χ0v) is 13.3. The number of hydrogen-bond acceptors (Lipinski definition) is 4. The van der Waals surface area contributed by atoms with Crippen LogP contribution in [0, 0.1) is 0 Å². The number of benzene rings is 1. The van der Waals surface area contributed by atoms with Gasteiger partial charge in [0.05, 0.1) is 0 Å². The fourth-order valence-electron chi connectivity index (χ4n) is 2.36. The SMILES string of the molecule is Nc1cc(Br)ccc1Sc1nnc(C2CC2)n1C1CC1. The van der Waals surface area contributed by atoms with Crippen molar-refractivity contribution in [3.63, 3.8) is 0 Å². The van der Waals surface area contributed by atoms with Gasteiger partial charge in [-0.05, 0) is 55.6 Å². The molecule has 0 bridgehead atoms. The van der Waals surface area contributed by atoms with Crippen LogP contribution in [0.2, 0.25) is 0 Å². The first-order valence-electron chi connectivity index (χ1n) is 6.90. The number of rotatable bonds is 4. The summed E-state index contributed by atoms with van der Waals surface area (Å²) < 4.78 is 3.35. The Kier molecular flexibility index (Phi) is 3.03. The van der Waals surface area contributed by atoms with Gasteiger partial charge >= 0.3 is 0 Å². The summed E-state index contributed by atoms with van der Waals surface area (Å²) in [5.74, 6) is 1.82. The van der Waals surface area contributed by atoms with Crippen LogP contribution in [0.4, 0.5) is 5.69 Å². The van der Waals surface area contributed by atoms with Crippen molar-refractivity contribution in [1.29, 1.82) is 0 Å². The Labute approximate surface area is 130 Å². The third-order valence-electron chi connectivity index (χ3n) is 3.72. The molecule has 4 nitrogen and oxygen atoms in total. The zero-order chi connectivity index (χ0) is 13.7. The topological polar surface area (TPSA) is 56.7 Å². The number of halogens is 1. The van der Waals surface area contributed by atoms with Gasteiger partial charge in [0.15, 0.2) is 5.16 Å². The first-order valence-corrected chi connectivity index (χ1v) is 8.51. The minimum atomic E-state index is 0.611. The van der Waals surface area contributed by atoms with E-state index in [4.69, 9.17) is 5.73 Å². The van der Waals surface area contributed by atoms with Crippen LogP contribution in [0.15, 0.2) is 32.7 Å². The van der Waals surface area contributed by atoms with Crippen LogP contribution in [0.1, 0.15) is 43.5 Å². The number of nitrogens with zero attached hydrogens (tertiary/aromatic N) is 3. The summed E-state index contributed by atoms with van der Waals surface area (Å²) in [5.41, 5.74) is 6.86. The smallest absolute Gasteiger partial charge is 0.196 e. The average molecular weight is 351 g/mol. The van der Waals surface area contributed by atoms with Gasteiger partial charge in [-0.2, -0.15) is 0 Å². The third-order valence-corrected chi connectivity index (χ3v) is 5.26. The van der Waals surface area contributed by atoms with Gasteiger partial charge in [0.2, 0.25) is 0 Å². The monoisotopic (exact) mass is 350 g/mol. The van der Waals surface area contributed by atoms with Crippen molar-refractivity contribution in [1.82, 2.24) is 14.8 Å². The minimum Gasteiger partial charge on any atom is -0.398 e. The molecule has 2 N–H and O–H groups in total. The van der Waals surface area contributed by atoms with Crippen molar-refractivity contribution >= 4 is 33.4 Å². The molecule has 0 atom stereocenters. The number of aromatic nitrogens is 3. The Morgan fingerprint density at radius 1 is 1.20 bits per heavy atom. The molecule has 6 heteroatoms. The quantitative estimate of drug-likeness (QED) is 0.847. The van der Waals surface area contributed by atoms with Crippen molar-refractivity contribution in [2.45, 2.75) is 47.7 Å². The first-order chi connectivity index (χ1) is 9.72. The third kappa shape index (κ3) is 2.35. The molecule has 2 fully saturated rings. The van der Waals surface area contributed by atoms with Crippen LogP contribution in [-0.4, -0.2) is 14.8 Å².